The van der Waals surface area contributed by atoms with Gasteiger partial charge in [0.2, 0.25) is 0 Å². The van der Waals surface area contributed by atoms with Crippen LogP contribution >= 0.6 is 0 Å². The molecule has 1 aliphatic rings. The van der Waals surface area contributed by atoms with Gasteiger partial charge in [0.15, 0.2) is 6.20 Å². The van der Waals surface area contributed by atoms with Crippen LogP contribution in [0.15, 0.2) is 29.4 Å². The smallest absolute Gasteiger partial charge is 0.281 e. The van der Waals surface area contributed by atoms with E-state index in [1.165, 1.54) is 6.20 Å². The van der Waals surface area contributed by atoms with E-state index in [1.54, 1.807) is 18.2 Å². The summed E-state index contributed by atoms with van der Waals surface area (Å²) < 4.78 is 12.7. The highest BCUT2D eigenvalue weighted by molar-refractivity contribution is 7.85. The first kappa shape index (κ1) is 9.65. The van der Waals surface area contributed by atoms with Gasteiger partial charge in [-0.2, -0.15) is 4.73 Å². The Hall–Kier alpha value is -0.900. The molecule has 1 aliphatic carbocycles. The number of rotatable bonds is 2. The highest BCUT2D eigenvalue weighted by Crippen LogP contribution is 2.25. The van der Waals surface area contributed by atoms with Crippen LogP contribution in [0.2, 0.25) is 0 Å². The number of aromatic nitrogens is 1. The molecule has 4 heteroatoms. The zero-order valence-electron chi connectivity index (χ0n) is 7.89. The number of nitrogens with zero attached hydrogens (tertiary/aromatic N) is 1. The van der Waals surface area contributed by atoms with Gasteiger partial charge in [-0.05, 0) is 18.9 Å². The van der Waals surface area contributed by atoms with Gasteiger partial charge in [0.25, 0.3) is 5.03 Å². The van der Waals surface area contributed by atoms with E-state index in [1.807, 2.05) is 0 Å². The summed E-state index contributed by atoms with van der Waals surface area (Å²) in [5, 5.41) is 11.9. The molecule has 1 fully saturated rings. The normalized spacial score (nSPS) is 19.7. The maximum atomic E-state index is 12.0. The zero-order chi connectivity index (χ0) is 9.97. The second-order valence-corrected chi connectivity index (χ2v) is 5.25. The van der Waals surface area contributed by atoms with Crippen molar-refractivity contribution in [2.45, 2.75) is 36.0 Å². The van der Waals surface area contributed by atoms with Gasteiger partial charge in [-0.25, -0.2) is 4.21 Å². The van der Waals surface area contributed by atoms with Crippen LogP contribution in [0.25, 0.3) is 0 Å². The molecule has 1 aromatic heterocycles. The summed E-state index contributed by atoms with van der Waals surface area (Å²) in [6, 6.07) is 5.07. The first-order chi connectivity index (χ1) is 6.79. The minimum Gasteiger partial charge on any atom is -0.618 e. The van der Waals surface area contributed by atoms with Crippen LogP contribution in [0.4, 0.5) is 0 Å². The Labute approximate surface area is 85.8 Å². The molecule has 2 rings (SSSR count). The summed E-state index contributed by atoms with van der Waals surface area (Å²) in [4.78, 5) is 0. The van der Waals surface area contributed by atoms with Gasteiger partial charge in [-0.1, -0.05) is 12.8 Å². The van der Waals surface area contributed by atoms with E-state index < -0.39 is 10.8 Å². The Bertz CT molecular complexity index is 348. The Morgan fingerprint density at radius 2 is 2.07 bits per heavy atom. The molecule has 3 nitrogen and oxygen atoms in total. The summed E-state index contributed by atoms with van der Waals surface area (Å²) in [5.74, 6) is 0. The van der Waals surface area contributed by atoms with Gasteiger partial charge in [0, 0.05) is 17.4 Å². The quantitative estimate of drug-likeness (QED) is 0.548. The van der Waals surface area contributed by atoms with Crippen LogP contribution in [0.3, 0.4) is 0 Å². The highest BCUT2D eigenvalue weighted by Gasteiger charge is 2.26. The van der Waals surface area contributed by atoms with Gasteiger partial charge in [0.05, 0.1) is 0 Å². The predicted octanol–water partition coefficient (Wildman–Crippen LogP) is 1.37. The molecular weight excluding hydrogens is 198 g/mol. The monoisotopic (exact) mass is 211 g/mol. The average molecular weight is 211 g/mol. The van der Waals surface area contributed by atoms with E-state index in [-0.39, 0.29) is 5.25 Å². The minimum absolute atomic E-state index is 0.192. The molecule has 0 spiro atoms. The molecule has 1 unspecified atom stereocenters. The lowest BCUT2D eigenvalue weighted by Gasteiger charge is -2.08. The topological polar surface area (TPSA) is 44.0 Å². The van der Waals surface area contributed by atoms with Gasteiger partial charge in [-0.3, -0.25) is 0 Å². The van der Waals surface area contributed by atoms with Crippen LogP contribution in [0, 0.1) is 5.21 Å². The third-order valence-electron chi connectivity index (χ3n) is 2.60. The summed E-state index contributed by atoms with van der Waals surface area (Å²) in [5.41, 5.74) is 0. The second kappa shape index (κ2) is 4.09. The van der Waals surface area contributed by atoms with Crippen molar-refractivity contribution in [2.24, 2.45) is 0 Å². The second-order valence-electron chi connectivity index (χ2n) is 3.57. The molecule has 0 bridgehead atoms. The third kappa shape index (κ3) is 1.80. The van der Waals surface area contributed by atoms with Crippen LogP contribution in [-0.4, -0.2) is 9.46 Å². The van der Waals surface area contributed by atoms with Crippen LogP contribution in [-0.2, 0) is 10.8 Å². The standard InChI is InChI=1S/C10H13NO2S/c12-11-8-4-3-7-10(11)14(13)9-5-1-2-6-9/h3-4,7-9H,1-2,5-6H2. The van der Waals surface area contributed by atoms with Crippen molar-refractivity contribution in [3.05, 3.63) is 29.6 Å². The van der Waals surface area contributed by atoms with E-state index in [2.05, 4.69) is 0 Å². The Morgan fingerprint density at radius 1 is 1.36 bits per heavy atom. The molecule has 1 saturated carbocycles. The number of hydrogen-bond donors (Lipinski definition) is 0. The maximum Gasteiger partial charge on any atom is 0.281 e. The van der Waals surface area contributed by atoms with E-state index in [0.717, 1.165) is 25.7 Å². The summed E-state index contributed by atoms with van der Waals surface area (Å²) >= 11 is 0. The molecule has 14 heavy (non-hydrogen) atoms. The average Bonchev–Trinajstić information content (AvgIpc) is 2.70. The van der Waals surface area contributed by atoms with Crippen molar-refractivity contribution in [3.63, 3.8) is 0 Å². The lowest BCUT2D eigenvalue weighted by molar-refractivity contribution is -0.646. The van der Waals surface area contributed by atoms with Crippen LogP contribution in [0.1, 0.15) is 25.7 Å². The summed E-state index contributed by atoms with van der Waals surface area (Å²) in [6.07, 6.45) is 5.66. The Morgan fingerprint density at radius 3 is 2.71 bits per heavy atom. The SMILES string of the molecule is O=S(c1cccc[n+]1[O-])C1CCCC1. The van der Waals surface area contributed by atoms with Crippen molar-refractivity contribution < 1.29 is 8.94 Å². The fourth-order valence-electron chi connectivity index (χ4n) is 1.84. The molecule has 1 heterocycles. The Kier molecular flexibility index (Phi) is 2.82. The van der Waals surface area contributed by atoms with Crippen molar-refractivity contribution in [3.8, 4) is 0 Å². The fourth-order valence-corrected chi connectivity index (χ4v) is 3.40. The van der Waals surface area contributed by atoms with Crippen molar-refractivity contribution in [2.75, 3.05) is 0 Å². The molecule has 1 aromatic rings. The van der Waals surface area contributed by atoms with E-state index in [0.29, 0.717) is 9.76 Å². The van der Waals surface area contributed by atoms with Gasteiger partial charge < -0.3 is 5.21 Å². The lowest BCUT2D eigenvalue weighted by atomic mass is 10.4. The minimum atomic E-state index is -1.12. The highest BCUT2D eigenvalue weighted by atomic mass is 32.2. The third-order valence-corrected chi connectivity index (χ3v) is 4.40. The molecule has 0 aromatic carbocycles. The lowest BCUT2D eigenvalue weighted by Crippen LogP contribution is -2.33. The van der Waals surface area contributed by atoms with Crippen LogP contribution < -0.4 is 4.73 Å². The number of hydrogen-bond acceptors (Lipinski definition) is 2. The fraction of sp³-hybridized carbons (Fsp3) is 0.500. The predicted molar refractivity (Wildman–Crippen MR) is 54.1 cm³/mol. The van der Waals surface area contributed by atoms with Crippen molar-refractivity contribution in [1.29, 1.82) is 0 Å². The van der Waals surface area contributed by atoms with Crippen molar-refractivity contribution in [1.82, 2.24) is 0 Å². The van der Waals surface area contributed by atoms with E-state index in [9.17, 15) is 9.42 Å². The van der Waals surface area contributed by atoms with Crippen molar-refractivity contribution >= 4 is 10.8 Å². The van der Waals surface area contributed by atoms with Crippen LogP contribution in [0.5, 0.6) is 0 Å². The molecule has 0 N–H and O–H groups in total. The molecule has 0 saturated heterocycles. The maximum absolute atomic E-state index is 12.0. The van der Waals surface area contributed by atoms with E-state index in [4.69, 9.17) is 0 Å². The van der Waals surface area contributed by atoms with Gasteiger partial charge >= 0.3 is 0 Å². The van der Waals surface area contributed by atoms with E-state index >= 15 is 0 Å². The largest absolute Gasteiger partial charge is 0.618 e. The molecule has 76 valence electrons. The first-order valence-corrected chi connectivity index (χ1v) is 6.09. The zero-order valence-corrected chi connectivity index (χ0v) is 8.70. The first-order valence-electron chi connectivity index (χ1n) is 4.88. The molecular formula is C10H13NO2S. The summed E-state index contributed by atoms with van der Waals surface area (Å²) in [6.45, 7) is 0. The molecule has 0 amide bonds. The molecule has 1 atom stereocenters. The Balaban J connectivity index is 2.22. The van der Waals surface area contributed by atoms with Gasteiger partial charge in [-0.15, -0.1) is 0 Å². The van der Waals surface area contributed by atoms with Gasteiger partial charge in [0.1, 0.15) is 10.8 Å². The molecule has 0 radical (unpaired) electrons. The molecule has 0 aliphatic heterocycles. The summed E-state index contributed by atoms with van der Waals surface area (Å²) in [7, 11) is -1.12. The number of pyridine rings is 1.